The van der Waals surface area contributed by atoms with Crippen LogP contribution in [0.2, 0.25) is 0 Å². The summed E-state index contributed by atoms with van der Waals surface area (Å²) in [5, 5.41) is 1.86. The molecule has 0 aromatic heterocycles. The highest BCUT2D eigenvalue weighted by atomic mass is 79.9. The molecule has 104 valence electrons. The van der Waals surface area contributed by atoms with Crippen molar-refractivity contribution in [3.05, 3.63) is 34.1 Å². The molecule has 1 aliphatic rings. The number of carbonyl (C=O) groups is 1. The molecular weight excluding hydrogens is 361 g/mol. The molecule has 2 atom stereocenters. The number of rotatable bonds is 2. The molecule has 0 saturated carbocycles. The Morgan fingerprint density at radius 2 is 2.11 bits per heavy atom. The van der Waals surface area contributed by atoms with Gasteiger partial charge in [0.15, 0.2) is 9.84 Å². The van der Waals surface area contributed by atoms with Crippen LogP contribution in [-0.2, 0) is 9.84 Å². The summed E-state index contributed by atoms with van der Waals surface area (Å²) in [5.41, 5.74) is 0.105. The first-order valence-electron chi connectivity index (χ1n) is 5.39. The van der Waals surface area contributed by atoms with Gasteiger partial charge < -0.3 is 5.32 Å². The summed E-state index contributed by atoms with van der Waals surface area (Å²) in [6, 6.07) is 3.40. The van der Waals surface area contributed by atoms with Crippen LogP contribution in [0.5, 0.6) is 0 Å². The van der Waals surface area contributed by atoms with E-state index in [1.165, 1.54) is 18.2 Å². The van der Waals surface area contributed by atoms with E-state index in [-0.39, 0.29) is 21.5 Å². The standard InChI is InChI=1S/C11H10BrClFNO3S/c12-10-6(2-1-3-8(10)14)11(16)15-9-5-19(17,18)4-7(9)13/h1-3,7,9H,4-5H2,(H,15,16). The fourth-order valence-corrected chi connectivity index (χ4v) is 4.86. The molecule has 1 fully saturated rings. The second kappa shape index (κ2) is 5.38. The number of amides is 1. The molecule has 4 nitrogen and oxygen atoms in total. The zero-order chi connectivity index (χ0) is 14.2. The van der Waals surface area contributed by atoms with Crippen LogP contribution in [0.25, 0.3) is 0 Å². The molecule has 8 heteroatoms. The number of sulfone groups is 1. The van der Waals surface area contributed by atoms with Gasteiger partial charge in [-0.1, -0.05) is 6.07 Å². The summed E-state index contributed by atoms with van der Waals surface area (Å²) in [4.78, 5) is 12.0. The summed E-state index contributed by atoms with van der Waals surface area (Å²) < 4.78 is 36.1. The lowest BCUT2D eigenvalue weighted by Gasteiger charge is -2.15. The third-order valence-corrected chi connectivity index (χ3v) is 5.98. The van der Waals surface area contributed by atoms with Crippen LogP contribution in [0.4, 0.5) is 4.39 Å². The molecule has 1 heterocycles. The third-order valence-electron chi connectivity index (χ3n) is 2.80. The van der Waals surface area contributed by atoms with Gasteiger partial charge in [0.2, 0.25) is 0 Å². The van der Waals surface area contributed by atoms with Crippen molar-refractivity contribution < 1.29 is 17.6 Å². The number of alkyl halides is 1. The monoisotopic (exact) mass is 369 g/mol. The van der Waals surface area contributed by atoms with E-state index in [2.05, 4.69) is 21.2 Å². The van der Waals surface area contributed by atoms with Crippen LogP contribution in [0, 0.1) is 5.82 Å². The van der Waals surface area contributed by atoms with Gasteiger partial charge in [-0.25, -0.2) is 12.8 Å². The minimum atomic E-state index is -3.22. The average Bonchev–Trinajstić information content (AvgIpc) is 2.55. The number of hydrogen-bond donors (Lipinski definition) is 1. The lowest BCUT2D eigenvalue weighted by Crippen LogP contribution is -2.40. The average molecular weight is 371 g/mol. The zero-order valence-corrected chi connectivity index (χ0v) is 12.7. The molecule has 0 bridgehead atoms. The summed E-state index contributed by atoms with van der Waals surface area (Å²) in [5.74, 6) is -1.47. The van der Waals surface area contributed by atoms with E-state index in [0.29, 0.717) is 0 Å². The van der Waals surface area contributed by atoms with Gasteiger partial charge in [0, 0.05) is 0 Å². The normalized spacial score (nSPS) is 25.2. The van der Waals surface area contributed by atoms with Gasteiger partial charge in [-0.3, -0.25) is 4.79 Å². The number of benzene rings is 1. The number of nitrogens with one attached hydrogen (secondary N) is 1. The quantitative estimate of drug-likeness (QED) is 0.806. The van der Waals surface area contributed by atoms with Crippen molar-refractivity contribution in [3.63, 3.8) is 0 Å². The summed E-state index contributed by atoms with van der Waals surface area (Å²) in [6.45, 7) is 0. The summed E-state index contributed by atoms with van der Waals surface area (Å²) in [7, 11) is -3.22. The van der Waals surface area contributed by atoms with Crippen LogP contribution in [0.3, 0.4) is 0 Å². The Hall–Kier alpha value is -0.660. The van der Waals surface area contributed by atoms with Crippen LogP contribution in [0.1, 0.15) is 10.4 Å². The fraction of sp³-hybridized carbons (Fsp3) is 0.364. The Bertz CT molecular complexity index is 622. The van der Waals surface area contributed by atoms with Crippen molar-refractivity contribution in [2.24, 2.45) is 0 Å². The number of hydrogen-bond acceptors (Lipinski definition) is 3. The molecule has 0 spiro atoms. The molecule has 2 unspecified atom stereocenters. The highest BCUT2D eigenvalue weighted by Crippen LogP contribution is 2.22. The Kier molecular flexibility index (Phi) is 4.17. The predicted molar refractivity (Wildman–Crippen MR) is 73.6 cm³/mol. The minimum Gasteiger partial charge on any atom is -0.347 e. The smallest absolute Gasteiger partial charge is 0.252 e. The van der Waals surface area contributed by atoms with Crippen LogP contribution in [-0.4, -0.2) is 37.2 Å². The fourth-order valence-electron chi connectivity index (χ4n) is 1.86. The molecular formula is C11H10BrClFNO3S. The Labute approximate surface area is 123 Å². The van der Waals surface area contributed by atoms with Gasteiger partial charge in [-0.2, -0.15) is 0 Å². The highest BCUT2D eigenvalue weighted by Gasteiger charge is 2.37. The maximum Gasteiger partial charge on any atom is 0.252 e. The molecule has 1 aliphatic heterocycles. The second-order valence-electron chi connectivity index (χ2n) is 4.27. The predicted octanol–water partition coefficient (Wildman–Crippen LogP) is 1.72. The van der Waals surface area contributed by atoms with Crippen molar-refractivity contribution in [1.29, 1.82) is 0 Å². The maximum absolute atomic E-state index is 13.3. The lowest BCUT2D eigenvalue weighted by molar-refractivity contribution is 0.0940. The molecule has 1 amide bonds. The Balaban J connectivity index is 2.16. The Morgan fingerprint density at radius 3 is 2.68 bits per heavy atom. The molecule has 0 aliphatic carbocycles. The van der Waals surface area contributed by atoms with Crippen LogP contribution in [0.15, 0.2) is 22.7 Å². The lowest BCUT2D eigenvalue weighted by atomic mass is 10.2. The molecule has 1 aromatic rings. The van der Waals surface area contributed by atoms with E-state index < -0.39 is 33.0 Å². The van der Waals surface area contributed by atoms with Gasteiger partial charge in [0.05, 0.1) is 33.0 Å². The van der Waals surface area contributed by atoms with Gasteiger partial charge in [-0.05, 0) is 28.1 Å². The van der Waals surface area contributed by atoms with E-state index in [1.54, 1.807) is 0 Å². The largest absolute Gasteiger partial charge is 0.347 e. The first-order valence-corrected chi connectivity index (χ1v) is 8.44. The van der Waals surface area contributed by atoms with E-state index >= 15 is 0 Å². The van der Waals surface area contributed by atoms with E-state index in [4.69, 9.17) is 11.6 Å². The van der Waals surface area contributed by atoms with E-state index in [1.807, 2.05) is 0 Å². The van der Waals surface area contributed by atoms with Gasteiger partial charge in [0.1, 0.15) is 5.82 Å². The van der Waals surface area contributed by atoms with Gasteiger partial charge in [0.25, 0.3) is 5.91 Å². The minimum absolute atomic E-state index is 0.0412. The zero-order valence-electron chi connectivity index (χ0n) is 9.57. The van der Waals surface area contributed by atoms with Crippen molar-refractivity contribution in [3.8, 4) is 0 Å². The third kappa shape index (κ3) is 3.27. The molecule has 19 heavy (non-hydrogen) atoms. The van der Waals surface area contributed by atoms with Crippen molar-refractivity contribution in [1.82, 2.24) is 5.32 Å². The second-order valence-corrected chi connectivity index (χ2v) is 7.78. The number of halogens is 3. The van der Waals surface area contributed by atoms with Crippen molar-refractivity contribution in [2.75, 3.05) is 11.5 Å². The molecule has 2 rings (SSSR count). The summed E-state index contributed by atoms with van der Waals surface area (Å²) in [6.07, 6.45) is 0. The first-order chi connectivity index (χ1) is 8.80. The van der Waals surface area contributed by atoms with Gasteiger partial charge in [-0.15, -0.1) is 11.6 Å². The SMILES string of the molecule is O=C(NC1CS(=O)(=O)CC1Cl)c1cccc(F)c1Br. The van der Waals surface area contributed by atoms with Crippen LogP contribution >= 0.6 is 27.5 Å². The van der Waals surface area contributed by atoms with E-state index in [9.17, 15) is 17.6 Å². The van der Waals surface area contributed by atoms with Gasteiger partial charge >= 0.3 is 0 Å². The van der Waals surface area contributed by atoms with Crippen molar-refractivity contribution >= 4 is 43.3 Å². The van der Waals surface area contributed by atoms with Crippen molar-refractivity contribution in [2.45, 2.75) is 11.4 Å². The first kappa shape index (κ1) is 14.7. The molecule has 1 aromatic carbocycles. The van der Waals surface area contributed by atoms with E-state index in [0.717, 1.165) is 0 Å². The maximum atomic E-state index is 13.3. The number of carbonyl (C=O) groups excluding carboxylic acids is 1. The molecule has 0 radical (unpaired) electrons. The molecule has 1 saturated heterocycles. The highest BCUT2D eigenvalue weighted by molar-refractivity contribution is 9.10. The van der Waals surface area contributed by atoms with Crippen LogP contribution < -0.4 is 5.32 Å². The molecule has 1 N–H and O–H groups in total. The Morgan fingerprint density at radius 1 is 1.42 bits per heavy atom. The topological polar surface area (TPSA) is 63.2 Å². The summed E-state index contributed by atoms with van der Waals surface area (Å²) >= 11 is 8.87.